The minimum atomic E-state index is -2.37. The van der Waals surface area contributed by atoms with Gasteiger partial charge in [-0.3, -0.25) is 0 Å². The molecule has 0 aromatic heterocycles. The minimum absolute atomic E-state index is 0. The third-order valence-electron chi connectivity index (χ3n) is 6.28. The van der Waals surface area contributed by atoms with E-state index in [1.54, 1.807) is 4.90 Å². The fraction of sp³-hybridized carbons (Fsp3) is 0.409. The number of carbonyl (C=O) groups excluding carboxylic acids is 1. The molecular formula is C22H28BLiN2O4. The van der Waals surface area contributed by atoms with Crippen LogP contribution in [0.15, 0.2) is 54.6 Å². The van der Waals surface area contributed by atoms with Gasteiger partial charge < -0.3 is 23.8 Å². The molecule has 1 unspecified atom stereocenters. The molecule has 4 rings (SSSR count). The molecule has 2 fully saturated rings. The first-order valence-corrected chi connectivity index (χ1v) is 9.95. The Balaban J connectivity index is 0.00000256. The summed E-state index contributed by atoms with van der Waals surface area (Å²) in [6.07, 6.45) is -0.466. The Hall–Kier alpha value is -1.91. The average Bonchev–Trinajstić information content (AvgIpc) is 3.02. The predicted molar refractivity (Wildman–Crippen MR) is 115 cm³/mol. The monoisotopic (exact) mass is 402 g/mol. The first kappa shape index (κ1) is 22.8. The van der Waals surface area contributed by atoms with Crippen LogP contribution in [-0.2, 0) is 14.0 Å². The quantitative estimate of drug-likeness (QED) is 0.730. The van der Waals surface area contributed by atoms with E-state index in [0.717, 1.165) is 16.9 Å². The first-order valence-electron chi connectivity index (χ1n) is 9.95. The normalized spacial score (nSPS) is 23.2. The van der Waals surface area contributed by atoms with Crippen molar-refractivity contribution in [1.29, 1.82) is 0 Å². The predicted octanol–water partition coefficient (Wildman–Crippen LogP) is 1.54. The molecular weight excluding hydrogens is 374 g/mol. The van der Waals surface area contributed by atoms with Crippen LogP contribution in [-0.4, -0.2) is 38.1 Å². The van der Waals surface area contributed by atoms with Crippen LogP contribution in [0.5, 0.6) is 0 Å². The Bertz CT molecular complexity index is 902. The minimum Gasteiger partial charge on any atom is -0.625 e. The van der Waals surface area contributed by atoms with E-state index in [-0.39, 0.29) is 18.9 Å². The number of benzene rings is 2. The summed E-state index contributed by atoms with van der Waals surface area (Å²) in [7, 11) is 3.99. The van der Waals surface area contributed by atoms with Crippen LogP contribution < -0.4 is 28.7 Å². The third-order valence-corrected chi connectivity index (χ3v) is 6.28. The van der Waals surface area contributed by atoms with Crippen molar-refractivity contribution >= 4 is 24.2 Å². The fourth-order valence-electron chi connectivity index (χ4n) is 4.07. The zero-order chi connectivity index (χ0) is 21.0. The molecule has 8 heteroatoms. The van der Waals surface area contributed by atoms with Crippen molar-refractivity contribution in [2.75, 3.05) is 23.9 Å². The van der Waals surface area contributed by atoms with Crippen molar-refractivity contribution < 1.29 is 37.6 Å². The van der Waals surface area contributed by atoms with Crippen LogP contribution in [0.2, 0.25) is 0 Å². The molecule has 6 nitrogen and oxygen atoms in total. The van der Waals surface area contributed by atoms with E-state index in [1.165, 1.54) is 0 Å². The van der Waals surface area contributed by atoms with E-state index in [0.29, 0.717) is 0 Å². The van der Waals surface area contributed by atoms with Gasteiger partial charge in [0.1, 0.15) is 0 Å². The van der Waals surface area contributed by atoms with Crippen LogP contribution >= 0.6 is 0 Å². The van der Waals surface area contributed by atoms with Gasteiger partial charge in [-0.25, -0.2) is 4.79 Å². The van der Waals surface area contributed by atoms with E-state index in [9.17, 15) is 4.79 Å². The number of hydrogen-bond donors (Lipinski definition) is 0. The molecule has 1 spiro atoms. The second-order valence-corrected chi connectivity index (χ2v) is 8.97. The van der Waals surface area contributed by atoms with Crippen molar-refractivity contribution in [3.63, 3.8) is 0 Å². The summed E-state index contributed by atoms with van der Waals surface area (Å²) in [4.78, 5) is 16.7. The summed E-state index contributed by atoms with van der Waals surface area (Å²) in [5.74, 6) is -0.526. The summed E-state index contributed by atoms with van der Waals surface area (Å²) >= 11 is 0. The molecule has 1 atom stereocenters. The summed E-state index contributed by atoms with van der Waals surface area (Å²) in [5, 5.41) is 0. The van der Waals surface area contributed by atoms with Crippen molar-refractivity contribution in [2.45, 2.75) is 44.8 Å². The summed E-state index contributed by atoms with van der Waals surface area (Å²) < 4.78 is 18.7. The molecule has 1 amide bonds. The molecule has 0 radical (unpaired) electrons. The number of rotatable bonds is 3. The number of amides is 1. The van der Waals surface area contributed by atoms with E-state index >= 15 is 0 Å². The van der Waals surface area contributed by atoms with Gasteiger partial charge in [-0.05, 0) is 52.0 Å². The average molecular weight is 402 g/mol. The molecule has 30 heavy (non-hydrogen) atoms. The Morgan fingerprint density at radius 1 is 0.900 bits per heavy atom. The Morgan fingerprint density at radius 2 is 1.43 bits per heavy atom. The zero-order valence-corrected chi connectivity index (χ0v) is 18.9. The Labute approximate surface area is 190 Å². The van der Waals surface area contributed by atoms with Gasteiger partial charge in [-0.15, -0.1) is 0 Å². The molecule has 2 aromatic rings. The molecule has 2 aromatic carbocycles. The first-order chi connectivity index (χ1) is 13.6. The maximum atomic E-state index is 13.1. The standard InChI is InChI=1S/C22H28BN2O4.Li/c1-21(2)22(3,4)29-23(28-21)19(16-12-14-17(15-13-16)24(5)6)25(20(26)27-23)18-10-8-7-9-11-18;/h7-15,19H,1-6H3;/q-1;+1. The third kappa shape index (κ3) is 3.54. The summed E-state index contributed by atoms with van der Waals surface area (Å²) in [6.45, 7) is 5.50. The van der Waals surface area contributed by atoms with Crippen molar-refractivity contribution in [3.8, 4) is 0 Å². The zero-order valence-electron chi connectivity index (χ0n) is 18.9. The van der Waals surface area contributed by atoms with Crippen LogP contribution in [0, 0.1) is 0 Å². The van der Waals surface area contributed by atoms with Crippen LogP contribution in [0.25, 0.3) is 0 Å². The van der Waals surface area contributed by atoms with Crippen LogP contribution in [0.4, 0.5) is 16.2 Å². The van der Waals surface area contributed by atoms with Gasteiger partial charge in [0.05, 0.1) is 0 Å². The fourth-order valence-corrected chi connectivity index (χ4v) is 4.07. The molecule has 0 N–H and O–H groups in total. The van der Waals surface area contributed by atoms with Gasteiger partial charge in [0.25, 0.3) is 0 Å². The van der Waals surface area contributed by atoms with E-state index in [2.05, 4.69) is 0 Å². The molecule has 154 valence electrons. The summed E-state index contributed by atoms with van der Waals surface area (Å²) in [6, 6.07) is 17.6. The number of hydrogen-bond acceptors (Lipinski definition) is 5. The van der Waals surface area contributed by atoms with Crippen molar-refractivity contribution in [2.24, 2.45) is 0 Å². The van der Waals surface area contributed by atoms with E-state index in [1.807, 2.05) is 101 Å². The van der Waals surface area contributed by atoms with Crippen LogP contribution in [0.1, 0.15) is 39.2 Å². The maximum Gasteiger partial charge on any atom is 1.00 e. The molecule has 0 saturated carbocycles. The topological polar surface area (TPSA) is 51.2 Å². The van der Waals surface area contributed by atoms with E-state index < -0.39 is 30.0 Å². The van der Waals surface area contributed by atoms with Gasteiger partial charge >= 0.3 is 31.7 Å². The van der Waals surface area contributed by atoms with Gasteiger partial charge in [-0.2, -0.15) is 0 Å². The molecule has 0 bridgehead atoms. The smallest absolute Gasteiger partial charge is 0.625 e. The number of carbonyl (C=O) groups is 1. The van der Waals surface area contributed by atoms with Gasteiger partial charge in [-0.1, -0.05) is 35.9 Å². The molecule has 0 aliphatic carbocycles. The molecule has 2 aliphatic rings. The molecule has 2 heterocycles. The van der Waals surface area contributed by atoms with Crippen LogP contribution in [0.3, 0.4) is 0 Å². The van der Waals surface area contributed by atoms with Gasteiger partial charge in [0.15, 0.2) is 0 Å². The second-order valence-electron chi connectivity index (χ2n) is 8.97. The number of nitrogens with zero attached hydrogens (tertiary/aromatic N) is 2. The van der Waals surface area contributed by atoms with Gasteiger partial charge in [0, 0.05) is 42.6 Å². The largest absolute Gasteiger partial charge is 1.00 e. The Morgan fingerprint density at radius 3 is 1.93 bits per heavy atom. The van der Waals surface area contributed by atoms with Crippen molar-refractivity contribution in [1.82, 2.24) is 0 Å². The van der Waals surface area contributed by atoms with Gasteiger partial charge in [0.2, 0.25) is 0 Å². The second kappa shape index (κ2) is 7.65. The Kier molecular flexibility index (Phi) is 5.81. The summed E-state index contributed by atoms with van der Waals surface area (Å²) in [5.41, 5.74) is 1.47. The number of para-hydroxylation sites is 1. The molecule has 2 saturated heterocycles. The SMILES string of the molecule is CN(C)c1ccc(C2N(c3ccccc3)C(=O)O[B-]23OC(C)(C)C(C)(C)O3)cc1.[Li+]. The van der Waals surface area contributed by atoms with E-state index in [4.69, 9.17) is 14.0 Å². The van der Waals surface area contributed by atoms with Crippen molar-refractivity contribution in [3.05, 3.63) is 60.2 Å². The maximum absolute atomic E-state index is 13.1. The molecule has 2 aliphatic heterocycles. The number of anilines is 2.